The molecule has 4 aromatic heterocycles. The van der Waals surface area contributed by atoms with Gasteiger partial charge in [-0.15, -0.1) is 18.2 Å². The van der Waals surface area contributed by atoms with E-state index in [1.54, 1.807) is 0 Å². The molecule has 52 heavy (non-hydrogen) atoms. The third kappa shape index (κ3) is 6.63. The number of rotatable bonds is 5. The predicted molar refractivity (Wildman–Crippen MR) is 213 cm³/mol. The Kier molecular flexibility index (Phi) is 9.63. The Bertz CT molecular complexity index is 2710. The number of nitrogens with zero attached hydrogens (tertiary/aromatic N) is 4. The fraction of sp³-hybridized carbons (Fsp3) is 0.133. The Labute approximate surface area is 321 Å². The first-order valence-corrected chi connectivity index (χ1v) is 24.5. The standard InChI is InChI=1S/C28H16N3O.C17H22GeN.Ir/c1-2-10-19(11-3-1)31-24-16-7-6-15-23(24)30-28(31)22-14-8-13-21-25-27(32-26(21)22)20-12-5-4-9-18(20)17-29-25;1-13(2)15-11-17(14-9-7-6-8-10-14)19-12-16(15)18(3,4)5;/h1-13,15-17H;6-9,11-13H,1-5H3;/q2*-1;/i;13D;. The van der Waals surface area contributed by atoms with Gasteiger partial charge in [-0.1, -0.05) is 60.2 Å². The van der Waals surface area contributed by atoms with E-state index < -0.39 is 19.2 Å². The normalized spacial score (nSPS) is 12.1. The average molecular weight is 917 g/mol. The zero-order valence-electron chi connectivity index (χ0n) is 30.7. The zero-order chi connectivity index (χ0) is 36.0. The molecule has 4 heterocycles. The summed E-state index contributed by atoms with van der Waals surface area (Å²) in [4.78, 5) is 14.3. The topological polar surface area (TPSA) is 56.7 Å². The molecule has 0 unspecified atom stereocenters. The Morgan fingerprint density at radius 2 is 1.50 bits per heavy atom. The van der Waals surface area contributed by atoms with Gasteiger partial charge in [0, 0.05) is 42.8 Å². The molecule has 0 atom stereocenters. The van der Waals surface area contributed by atoms with Crippen LogP contribution in [0.2, 0.25) is 17.3 Å². The van der Waals surface area contributed by atoms with Crippen LogP contribution < -0.4 is 4.40 Å². The maximum absolute atomic E-state index is 8.44. The van der Waals surface area contributed by atoms with Gasteiger partial charge in [0.05, 0.1) is 28.0 Å². The van der Waals surface area contributed by atoms with E-state index >= 15 is 0 Å². The van der Waals surface area contributed by atoms with Crippen molar-refractivity contribution in [1.29, 1.82) is 0 Å². The predicted octanol–water partition coefficient (Wildman–Crippen LogP) is 11.2. The molecule has 0 saturated carbocycles. The molecule has 5 nitrogen and oxygen atoms in total. The molecule has 0 fully saturated rings. The summed E-state index contributed by atoms with van der Waals surface area (Å²) in [6.07, 6.45) is 3.91. The van der Waals surface area contributed by atoms with Crippen LogP contribution in [-0.2, 0) is 20.1 Å². The maximum atomic E-state index is 8.44. The van der Waals surface area contributed by atoms with Crippen molar-refractivity contribution in [3.8, 4) is 28.3 Å². The number of imidazole rings is 1. The summed E-state index contributed by atoms with van der Waals surface area (Å²) < 4.78 is 18.4. The Balaban J connectivity index is 0.000000180. The van der Waals surface area contributed by atoms with Gasteiger partial charge in [-0.2, -0.15) is 0 Å². The molecular weight excluding hydrogens is 877 g/mol. The summed E-state index contributed by atoms with van der Waals surface area (Å²) in [5.74, 6) is 7.24. The number of fused-ring (bicyclic) bond motifs is 6. The minimum absolute atomic E-state index is 0. The van der Waals surface area contributed by atoms with E-state index in [4.69, 9.17) is 15.8 Å². The van der Waals surface area contributed by atoms with Gasteiger partial charge in [-0.05, 0) is 29.7 Å². The number of furan rings is 1. The molecule has 5 aromatic carbocycles. The fourth-order valence-electron chi connectivity index (χ4n) is 6.68. The molecule has 0 saturated heterocycles. The summed E-state index contributed by atoms with van der Waals surface area (Å²) in [6.45, 7) is 3.91. The number of aromatic nitrogens is 4. The van der Waals surface area contributed by atoms with Crippen LogP contribution in [0, 0.1) is 12.1 Å². The van der Waals surface area contributed by atoms with E-state index in [1.807, 2.05) is 111 Å². The summed E-state index contributed by atoms with van der Waals surface area (Å²) >= 11 is -2.03. The van der Waals surface area contributed by atoms with Crippen molar-refractivity contribution < 1.29 is 25.9 Å². The van der Waals surface area contributed by atoms with Gasteiger partial charge in [0.2, 0.25) is 0 Å². The van der Waals surface area contributed by atoms with Gasteiger partial charge < -0.3 is 8.98 Å². The molecule has 0 N–H and O–H groups in total. The number of para-hydroxylation sites is 3. The van der Waals surface area contributed by atoms with Crippen molar-refractivity contribution in [2.24, 2.45) is 0 Å². The van der Waals surface area contributed by atoms with Crippen LogP contribution in [0.1, 0.15) is 26.7 Å². The van der Waals surface area contributed by atoms with Crippen LogP contribution in [0.4, 0.5) is 0 Å². The number of hydrogen-bond donors (Lipinski definition) is 0. The molecule has 1 radical (unpaired) electrons. The van der Waals surface area contributed by atoms with Gasteiger partial charge in [-0.3, -0.25) is 9.97 Å². The third-order valence-corrected chi connectivity index (χ3v) is 13.4. The molecule has 0 spiro atoms. The van der Waals surface area contributed by atoms with E-state index in [0.29, 0.717) is 0 Å². The first-order valence-electron chi connectivity index (χ1n) is 17.7. The van der Waals surface area contributed by atoms with Crippen molar-refractivity contribution >= 4 is 61.5 Å². The molecule has 9 aromatic rings. The van der Waals surface area contributed by atoms with E-state index in [1.165, 1.54) is 4.40 Å². The molecule has 9 rings (SSSR count). The van der Waals surface area contributed by atoms with Gasteiger partial charge >= 0.3 is 120 Å². The molecule has 0 aliphatic heterocycles. The van der Waals surface area contributed by atoms with Crippen LogP contribution in [0.15, 0.2) is 138 Å². The van der Waals surface area contributed by atoms with Crippen LogP contribution in [-0.4, -0.2) is 32.8 Å². The Hall–Kier alpha value is -4.88. The van der Waals surface area contributed by atoms with Crippen molar-refractivity contribution in [3.63, 3.8) is 0 Å². The van der Waals surface area contributed by atoms with E-state index in [-0.39, 0.29) is 20.1 Å². The van der Waals surface area contributed by atoms with Crippen LogP contribution in [0.25, 0.3) is 72.2 Å². The molecule has 0 bridgehead atoms. The average Bonchev–Trinajstić information content (AvgIpc) is 3.74. The Morgan fingerprint density at radius 1 is 0.750 bits per heavy atom. The van der Waals surface area contributed by atoms with Crippen LogP contribution in [0.3, 0.4) is 0 Å². The van der Waals surface area contributed by atoms with Crippen LogP contribution in [0.5, 0.6) is 0 Å². The number of benzene rings is 5. The van der Waals surface area contributed by atoms with Crippen LogP contribution >= 0.6 is 0 Å². The SMILES string of the molecule is [2H]C(C)(C)c1cc(-c2[c-]cccc2)nc[c]1[Ge]([CH3])([CH3])[CH3].[Ir].[c-]1ccc2c(oc3c4ccccc4cnc23)c1-c1nc2ccccc2n1-c1ccccc1. The van der Waals surface area contributed by atoms with Gasteiger partial charge in [-0.25, -0.2) is 0 Å². The first kappa shape index (κ1) is 34.2. The molecular formula is C45H38GeIrN4O-2. The third-order valence-electron chi connectivity index (χ3n) is 9.20. The minimum Gasteiger partial charge on any atom is -0.498 e. The summed E-state index contributed by atoms with van der Waals surface area (Å²) in [6, 6.07) is 47.1. The zero-order valence-corrected chi connectivity index (χ0v) is 34.2. The minimum atomic E-state index is -2.03. The van der Waals surface area contributed by atoms with Crippen molar-refractivity contribution in [2.75, 3.05) is 0 Å². The summed E-state index contributed by atoms with van der Waals surface area (Å²) in [5.41, 5.74) is 9.26. The van der Waals surface area contributed by atoms with E-state index in [0.717, 1.165) is 77.8 Å². The quantitative estimate of drug-likeness (QED) is 0.127. The second kappa shape index (κ2) is 14.6. The molecule has 0 amide bonds. The maximum Gasteiger partial charge on any atom is 0.147 e. The summed E-state index contributed by atoms with van der Waals surface area (Å²) in [7, 11) is 0. The largest absolute Gasteiger partial charge is 0.498 e. The smallest absolute Gasteiger partial charge is 0.147 e. The molecule has 259 valence electrons. The van der Waals surface area contributed by atoms with E-state index in [2.05, 4.69) is 75.4 Å². The second-order valence-corrected chi connectivity index (χ2v) is 24.5. The van der Waals surface area contributed by atoms with Gasteiger partial charge in [0.15, 0.2) is 0 Å². The summed E-state index contributed by atoms with van der Waals surface area (Å²) in [5, 5.41) is 3.07. The molecule has 0 aliphatic rings. The van der Waals surface area contributed by atoms with Crippen molar-refractivity contribution in [1.82, 2.24) is 19.5 Å². The van der Waals surface area contributed by atoms with Crippen molar-refractivity contribution in [2.45, 2.75) is 37.0 Å². The molecule has 7 heteroatoms. The monoisotopic (exact) mass is 918 g/mol. The fourth-order valence-corrected chi connectivity index (χ4v) is 9.99. The first-order chi connectivity index (χ1) is 25.1. The van der Waals surface area contributed by atoms with Gasteiger partial charge in [0.1, 0.15) is 5.58 Å². The number of hydrogen-bond acceptors (Lipinski definition) is 4. The second-order valence-electron chi connectivity index (χ2n) is 14.0. The number of pyridine rings is 2. The van der Waals surface area contributed by atoms with Crippen molar-refractivity contribution in [3.05, 3.63) is 151 Å². The Morgan fingerprint density at radius 3 is 2.27 bits per heavy atom. The molecule has 0 aliphatic carbocycles. The van der Waals surface area contributed by atoms with E-state index in [9.17, 15) is 0 Å². The van der Waals surface area contributed by atoms with Gasteiger partial charge in [0.25, 0.3) is 0 Å².